The number of amides is 1. The molecule has 10 heteroatoms. The van der Waals surface area contributed by atoms with Gasteiger partial charge in [-0.15, -0.1) is 0 Å². The van der Waals surface area contributed by atoms with Crippen LogP contribution in [0.4, 0.5) is 18.7 Å². The van der Waals surface area contributed by atoms with Gasteiger partial charge < -0.3 is 20.8 Å². The van der Waals surface area contributed by atoms with Gasteiger partial charge in [0.05, 0.1) is 16.5 Å². The van der Waals surface area contributed by atoms with Crippen LogP contribution in [0.25, 0.3) is 10.4 Å². The molecule has 0 saturated heterocycles. The number of benzene rings is 2. The second-order valence-corrected chi connectivity index (χ2v) is 10.1. The van der Waals surface area contributed by atoms with Crippen LogP contribution >= 0.6 is 22.9 Å². The average Bonchev–Trinajstić information content (AvgIpc) is 3.07. The molecule has 176 valence electrons. The second kappa shape index (κ2) is 9.15. The summed E-state index contributed by atoms with van der Waals surface area (Å²) < 4.78 is 27.1. The molecule has 3 rings (SSSR count). The predicted octanol–water partition coefficient (Wildman–Crippen LogP) is 6.46. The van der Waals surface area contributed by atoms with E-state index >= 15 is 0 Å². The van der Waals surface area contributed by atoms with Gasteiger partial charge in [0.25, 0.3) is 0 Å². The Morgan fingerprint density at radius 1 is 1.12 bits per heavy atom. The van der Waals surface area contributed by atoms with Gasteiger partial charge in [0.15, 0.2) is 16.8 Å². The Morgan fingerprint density at radius 3 is 2.30 bits per heavy atom. The van der Waals surface area contributed by atoms with Crippen LogP contribution in [0.5, 0.6) is 5.88 Å². The number of carboxylic acid groups (broad SMARTS) is 1. The summed E-state index contributed by atoms with van der Waals surface area (Å²) in [6.45, 7) is 7.56. The number of rotatable bonds is 6. The van der Waals surface area contributed by atoms with E-state index < -0.39 is 34.7 Å². The molecule has 1 amide bonds. The fourth-order valence-corrected chi connectivity index (χ4v) is 5.11. The third-order valence-electron chi connectivity index (χ3n) is 5.57. The zero-order valence-electron chi connectivity index (χ0n) is 18.4. The van der Waals surface area contributed by atoms with Crippen molar-refractivity contribution < 1.29 is 23.8 Å². The van der Waals surface area contributed by atoms with Gasteiger partial charge in [-0.05, 0) is 42.2 Å². The van der Waals surface area contributed by atoms with Crippen molar-refractivity contribution in [1.82, 2.24) is 10.3 Å². The first-order chi connectivity index (χ1) is 15.3. The maximum absolute atomic E-state index is 13.7. The number of thiazole rings is 1. The van der Waals surface area contributed by atoms with Gasteiger partial charge in [0.2, 0.25) is 5.88 Å². The normalized spacial score (nSPS) is 14.4. The highest BCUT2D eigenvalue weighted by Gasteiger charge is 2.49. The van der Waals surface area contributed by atoms with E-state index in [1.165, 1.54) is 6.07 Å². The largest absolute Gasteiger partial charge is 0.492 e. The summed E-state index contributed by atoms with van der Waals surface area (Å²) in [5.41, 5.74) is -0.608. The molecule has 1 unspecified atom stereocenters. The highest BCUT2D eigenvalue weighted by Crippen LogP contribution is 2.47. The van der Waals surface area contributed by atoms with Crippen molar-refractivity contribution >= 4 is 34.2 Å². The van der Waals surface area contributed by atoms with Crippen LogP contribution in [0, 0.1) is 17.0 Å². The van der Waals surface area contributed by atoms with Gasteiger partial charge in [-0.1, -0.05) is 61.9 Å². The lowest BCUT2D eigenvalue weighted by atomic mass is 9.65. The first kappa shape index (κ1) is 24.7. The van der Waals surface area contributed by atoms with Crippen molar-refractivity contribution in [3.63, 3.8) is 0 Å². The molecular formula is C23H24ClF2N3O3S. The Labute approximate surface area is 199 Å². The van der Waals surface area contributed by atoms with E-state index in [9.17, 15) is 23.8 Å². The topological polar surface area (TPSA) is 94.5 Å². The van der Waals surface area contributed by atoms with Gasteiger partial charge in [-0.25, -0.2) is 13.6 Å². The lowest BCUT2D eigenvalue weighted by Crippen LogP contribution is -2.60. The first-order valence-corrected chi connectivity index (χ1v) is 11.2. The summed E-state index contributed by atoms with van der Waals surface area (Å²) in [5.74, 6) is -2.39. The summed E-state index contributed by atoms with van der Waals surface area (Å²) in [6, 6.07) is 9.65. The van der Waals surface area contributed by atoms with Crippen molar-refractivity contribution in [2.45, 2.75) is 39.3 Å². The monoisotopic (exact) mass is 495 g/mol. The van der Waals surface area contributed by atoms with Crippen LogP contribution in [0.15, 0.2) is 42.5 Å². The number of nitrogens with zero attached hydrogens (tertiary/aromatic N) is 1. The van der Waals surface area contributed by atoms with E-state index in [1.807, 2.05) is 20.8 Å². The van der Waals surface area contributed by atoms with E-state index in [0.29, 0.717) is 5.02 Å². The molecule has 0 fully saturated rings. The molecule has 1 heterocycles. The van der Waals surface area contributed by atoms with Crippen molar-refractivity contribution in [1.29, 1.82) is 0 Å². The lowest BCUT2D eigenvalue weighted by molar-refractivity contribution is 0.145. The SMILES string of the molecule is CC(NC(=O)O)[C@@](Nc1nc(O)c(-c2ccc(F)c(F)c2)s1)(c1ccc(Cl)cc1)C(C)(C)C. The van der Waals surface area contributed by atoms with Crippen LogP contribution in [-0.4, -0.2) is 27.3 Å². The van der Waals surface area contributed by atoms with Crippen LogP contribution in [0.1, 0.15) is 33.3 Å². The molecule has 4 N–H and O–H groups in total. The number of hydrogen-bond donors (Lipinski definition) is 4. The van der Waals surface area contributed by atoms with Crippen LogP contribution in [0.3, 0.4) is 0 Å². The van der Waals surface area contributed by atoms with Gasteiger partial charge >= 0.3 is 6.09 Å². The standard InChI is InChI=1S/C23H24ClF2N3O3S/c1-12(27-21(31)32)23(22(2,3)4,14-6-8-15(24)9-7-14)29-20-28-19(30)18(33-20)13-5-10-16(25)17(26)11-13/h5-12,27,30H,1-4H3,(H,28,29)(H,31,32)/t12?,23-/m1/s1. The van der Waals surface area contributed by atoms with Gasteiger partial charge in [0, 0.05) is 10.6 Å². The molecule has 0 aliphatic carbocycles. The molecule has 0 aliphatic heterocycles. The number of carbonyl (C=O) groups is 1. The fourth-order valence-electron chi connectivity index (χ4n) is 4.07. The molecule has 0 spiro atoms. The molecule has 0 radical (unpaired) electrons. The third kappa shape index (κ3) is 4.89. The minimum atomic E-state index is -1.20. The van der Waals surface area contributed by atoms with E-state index in [2.05, 4.69) is 15.6 Å². The predicted molar refractivity (Wildman–Crippen MR) is 126 cm³/mol. The minimum Gasteiger partial charge on any atom is -0.492 e. The number of halogens is 3. The molecule has 2 atom stereocenters. The second-order valence-electron chi connectivity index (χ2n) is 8.66. The number of anilines is 1. The zero-order valence-corrected chi connectivity index (χ0v) is 20.0. The maximum atomic E-state index is 13.7. The highest BCUT2D eigenvalue weighted by atomic mass is 35.5. The van der Waals surface area contributed by atoms with Crippen LogP contribution in [-0.2, 0) is 5.54 Å². The van der Waals surface area contributed by atoms with Crippen LogP contribution in [0.2, 0.25) is 5.02 Å². The summed E-state index contributed by atoms with van der Waals surface area (Å²) in [7, 11) is 0. The van der Waals surface area contributed by atoms with Crippen molar-refractivity contribution in [3.8, 4) is 16.3 Å². The molecule has 33 heavy (non-hydrogen) atoms. The van der Waals surface area contributed by atoms with Crippen molar-refractivity contribution in [2.24, 2.45) is 5.41 Å². The fraction of sp³-hybridized carbons (Fsp3) is 0.304. The number of aromatic hydroxyl groups is 1. The lowest BCUT2D eigenvalue weighted by Gasteiger charge is -2.49. The Bertz CT molecular complexity index is 1160. The minimum absolute atomic E-state index is 0.245. The van der Waals surface area contributed by atoms with E-state index in [0.717, 1.165) is 29.0 Å². The summed E-state index contributed by atoms with van der Waals surface area (Å²) in [5, 5.41) is 26.6. The van der Waals surface area contributed by atoms with Crippen molar-refractivity contribution in [2.75, 3.05) is 5.32 Å². The Morgan fingerprint density at radius 2 is 1.76 bits per heavy atom. The summed E-state index contributed by atoms with van der Waals surface area (Å²) in [4.78, 5) is 16.0. The zero-order chi connectivity index (χ0) is 24.6. The van der Waals surface area contributed by atoms with Gasteiger partial charge in [-0.3, -0.25) is 0 Å². The number of aromatic nitrogens is 1. The molecule has 0 aliphatic rings. The van der Waals surface area contributed by atoms with E-state index in [4.69, 9.17) is 11.6 Å². The molecule has 0 saturated carbocycles. The molecule has 3 aromatic rings. The summed E-state index contributed by atoms with van der Waals surface area (Å²) in [6.07, 6.45) is -1.20. The van der Waals surface area contributed by atoms with E-state index in [-0.39, 0.29) is 21.5 Å². The highest BCUT2D eigenvalue weighted by molar-refractivity contribution is 7.19. The Kier molecular flexibility index (Phi) is 6.85. The maximum Gasteiger partial charge on any atom is 0.404 e. The number of hydrogen-bond acceptors (Lipinski definition) is 5. The molecule has 2 aromatic carbocycles. The van der Waals surface area contributed by atoms with Crippen LogP contribution < -0.4 is 10.6 Å². The molecular weight excluding hydrogens is 472 g/mol. The molecule has 1 aromatic heterocycles. The van der Waals surface area contributed by atoms with Crippen molar-refractivity contribution in [3.05, 3.63) is 64.7 Å². The Hall–Kier alpha value is -2.91. The smallest absolute Gasteiger partial charge is 0.404 e. The van der Waals surface area contributed by atoms with Gasteiger partial charge in [-0.2, -0.15) is 4.98 Å². The van der Waals surface area contributed by atoms with E-state index in [1.54, 1.807) is 31.2 Å². The first-order valence-electron chi connectivity index (χ1n) is 10.0. The Balaban J connectivity index is 2.15. The van der Waals surface area contributed by atoms with Gasteiger partial charge in [0.1, 0.15) is 0 Å². The quantitative estimate of drug-likeness (QED) is 0.315. The number of nitrogens with one attached hydrogen (secondary N) is 2. The average molecular weight is 496 g/mol. The summed E-state index contributed by atoms with van der Waals surface area (Å²) >= 11 is 7.13. The molecule has 6 nitrogen and oxygen atoms in total. The third-order valence-corrected chi connectivity index (χ3v) is 6.83. The molecule has 0 bridgehead atoms.